The molecule has 0 radical (unpaired) electrons. The van der Waals surface area contributed by atoms with Crippen LogP contribution >= 0.6 is 23.5 Å². The molecular formula is C69H120O14S2. The zero-order valence-electron chi connectivity index (χ0n) is 47.2. The molecule has 14 aliphatic rings. The monoisotopic (exact) mass is 1240 g/mol. The average molecular weight is 1240 g/mol. The van der Waals surface area contributed by atoms with Crippen molar-refractivity contribution < 1.29 is 66.7 Å². The first-order valence-corrected chi connectivity index (χ1v) is 32.4. The quantitative estimate of drug-likeness (QED) is 0.0386. The summed E-state index contributed by atoms with van der Waals surface area (Å²) in [5.74, 6) is 5.18. The van der Waals surface area contributed by atoms with Crippen molar-refractivity contribution in [1.82, 2.24) is 0 Å². The Morgan fingerprint density at radius 2 is 0.812 bits per heavy atom. The number of fused-ring (bicyclic) bond motifs is 2. The molecule has 85 heavy (non-hydrogen) atoms. The molecule has 14 nitrogen and oxygen atoms in total. The van der Waals surface area contributed by atoms with Gasteiger partial charge in [-0.05, 0) is 205 Å². The minimum Gasteiger partial charge on any atom is -0.458 e. The predicted octanol–water partition coefficient (Wildman–Crippen LogP) is 14.9. The van der Waals surface area contributed by atoms with Crippen LogP contribution in [0.25, 0.3) is 0 Å². The van der Waals surface area contributed by atoms with Gasteiger partial charge in [-0.25, -0.2) is 0 Å². The van der Waals surface area contributed by atoms with Crippen molar-refractivity contribution in [2.75, 3.05) is 43.0 Å². The second kappa shape index (κ2) is 27.5. The Bertz CT molecular complexity index is 2300. The number of ether oxygens (including phenoxy) is 8. The Labute approximate surface area is 524 Å². The van der Waals surface area contributed by atoms with E-state index in [0.717, 1.165) is 87.9 Å². The molecule has 12 atom stereocenters. The molecule has 0 N–H and O–H groups in total. The molecule has 2 heterocycles. The van der Waals surface area contributed by atoms with Gasteiger partial charge in [0, 0.05) is 46.7 Å². The molecule has 0 aromatic rings. The van der Waals surface area contributed by atoms with Gasteiger partial charge in [0.05, 0.1) is 46.7 Å². The molecule has 0 amide bonds. The Hall–Kier alpha value is -2.56. The van der Waals surface area contributed by atoms with Crippen LogP contribution in [0, 0.1) is 105 Å². The third-order valence-corrected chi connectivity index (χ3v) is 25.6. The molecule has 16 heteroatoms. The fourth-order valence-corrected chi connectivity index (χ4v) is 21.5. The van der Waals surface area contributed by atoms with Gasteiger partial charge in [0.2, 0.25) is 0 Å². The number of carbonyl (C=O) groups excluding carboxylic acids is 6. The van der Waals surface area contributed by atoms with E-state index >= 15 is 0 Å². The number of esters is 6. The number of hydrogen-bond donors (Lipinski definition) is 0. The van der Waals surface area contributed by atoms with Crippen LogP contribution in [0.4, 0.5) is 0 Å². The summed E-state index contributed by atoms with van der Waals surface area (Å²) in [6, 6.07) is 0. The first-order chi connectivity index (χ1) is 36.4. The van der Waals surface area contributed by atoms with Crippen LogP contribution in [0.15, 0.2) is 0 Å². The highest BCUT2D eigenvalue weighted by Gasteiger charge is 2.66. The van der Waals surface area contributed by atoms with E-state index in [4.69, 9.17) is 37.9 Å². The zero-order valence-corrected chi connectivity index (χ0v) is 48.8. The molecule has 14 rings (SSSR count). The van der Waals surface area contributed by atoms with Gasteiger partial charge in [0.1, 0.15) is 42.4 Å². The summed E-state index contributed by atoms with van der Waals surface area (Å²) in [6.45, 7) is 16.6. The Morgan fingerprint density at radius 1 is 0.471 bits per heavy atom. The van der Waals surface area contributed by atoms with Gasteiger partial charge in [-0.15, -0.1) is 0 Å². The second-order valence-electron chi connectivity index (χ2n) is 29.6. The zero-order chi connectivity index (χ0) is 54.2. The highest BCUT2D eigenvalue weighted by molar-refractivity contribution is 7.99. The van der Waals surface area contributed by atoms with E-state index in [-0.39, 0.29) is 156 Å². The highest BCUT2D eigenvalue weighted by atomic mass is 32.2. The Morgan fingerprint density at radius 3 is 1.20 bits per heavy atom. The summed E-state index contributed by atoms with van der Waals surface area (Å²) in [7, 11) is 0. The van der Waals surface area contributed by atoms with Crippen LogP contribution in [0.3, 0.4) is 0 Å². The predicted molar refractivity (Wildman–Crippen MR) is 340 cm³/mol. The van der Waals surface area contributed by atoms with Crippen molar-refractivity contribution >= 4 is 59.3 Å². The topological polar surface area (TPSA) is 176 Å². The maximum atomic E-state index is 14.8. The van der Waals surface area contributed by atoms with E-state index < -0.39 is 51.2 Å². The van der Waals surface area contributed by atoms with Gasteiger partial charge in [-0.1, -0.05) is 59.4 Å². The van der Waals surface area contributed by atoms with Crippen LogP contribution in [-0.2, 0) is 66.7 Å². The molecule has 12 saturated carbocycles. The maximum Gasteiger partial charge on any atom is 0.313 e. The van der Waals surface area contributed by atoms with Gasteiger partial charge >= 0.3 is 35.8 Å². The Balaban J connectivity index is 0.00000194. The van der Waals surface area contributed by atoms with E-state index in [0.29, 0.717) is 72.7 Å². The van der Waals surface area contributed by atoms with Gasteiger partial charge in [-0.3, -0.25) is 28.8 Å². The summed E-state index contributed by atoms with van der Waals surface area (Å²) >= 11 is 3.19. The van der Waals surface area contributed by atoms with Crippen LogP contribution in [0.5, 0.6) is 0 Å². The van der Waals surface area contributed by atoms with Crippen LogP contribution in [0.2, 0.25) is 0 Å². The number of rotatable bonds is 24. The van der Waals surface area contributed by atoms with Crippen molar-refractivity contribution in [2.24, 2.45) is 105 Å². The fraction of sp³-hybridized carbons (Fsp3) is 0.913. The summed E-state index contributed by atoms with van der Waals surface area (Å²) < 4.78 is 49.4. The van der Waals surface area contributed by atoms with Gasteiger partial charge in [-0.2, -0.15) is 23.5 Å². The third kappa shape index (κ3) is 13.5. The largest absolute Gasteiger partial charge is 0.458 e. The lowest BCUT2D eigenvalue weighted by molar-refractivity contribution is -0.213. The molecule has 492 valence electrons. The van der Waals surface area contributed by atoms with E-state index in [1.54, 1.807) is 23.5 Å². The molecular weight excluding hydrogens is 1120 g/mol. The van der Waals surface area contributed by atoms with Crippen molar-refractivity contribution in [3.63, 3.8) is 0 Å². The molecule has 14 fully saturated rings. The minimum absolute atomic E-state index is 0. The van der Waals surface area contributed by atoms with Crippen molar-refractivity contribution in [2.45, 2.75) is 253 Å². The van der Waals surface area contributed by atoms with E-state index in [9.17, 15) is 28.8 Å². The fourth-order valence-electron chi connectivity index (χ4n) is 19.4. The third-order valence-electron chi connectivity index (χ3n) is 23.0. The molecule has 12 unspecified atom stereocenters. The van der Waals surface area contributed by atoms with Crippen LogP contribution < -0.4 is 0 Å². The summed E-state index contributed by atoms with van der Waals surface area (Å²) in [4.78, 5) is 82.8. The normalized spacial score (nSPS) is 39.4. The van der Waals surface area contributed by atoms with Crippen molar-refractivity contribution in [3.05, 3.63) is 0 Å². The SMILES string of the molecule is C.C.C.C.C.C.C.C.CC(C)(CC(C)(CSCCOCOCCSCC(C)(CC(C)(C)C(=O)OC1(C)C2CC3CC(C2)CC1C3)C(=O)OC1C2CC3C(=O)OC1C3C2)C(=O)OC1(C)C2CC3CC(C2)CC1C3)C(=O)OC1C2CC3C(=O)OC1C3C2. The van der Waals surface area contributed by atoms with E-state index in [1.165, 1.54) is 12.8 Å². The van der Waals surface area contributed by atoms with Crippen LogP contribution in [0.1, 0.15) is 218 Å². The molecule has 0 aromatic heterocycles. The van der Waals surface area contributed by atoms with Crippen LogP contribution in [-0.4, -0.2) is 114 Å². The van der Waals surface area contributed by atoms with Gasteiger partial charge < -0.3 is 37.9 Å². The lowest BCUT2D eigenvalue weighted by atomic mass is 9.50. The van der Waals surface area contributed by atoms with Gasteiger partial charge in [0.15, 0.2) is 0 Å². The standard InChI is InChI=1S/C61H88O14S2.8CH4/c1-56(2,52(64)72-46-36-23-42-44(25-36)50(62)70-48(42)46)27-59(6,55(67)75-61(8)40-19-34-14-35(21-40)22-41(61)20-34)30-77-12-10-69-31-68-9-11-76-29-58(5,54(66)73-47-37-24-43-45(26-37)51(63)71-49(43)47)28-57(3,4)53(65)74-60(7)38-15-32-13-33(17-38)18-39(60)16-32;;;;;;;;/h32-49H,9-31H2,1-8H3;8*1H4. The Kier molecular flexibility index (Phi) is 24.2. The lowest BCUT2D eigenvalue weighted by Gasteiger charge is -2.59. The van der Waals surface area contributed by atoms with E-state index in [1.807, 2.05) is 41.5 Å². The van der Waals surface area contributed by atoms with Crippen molar-refractivity contribution in [3.8, 4) is 0 Å². The number of thioether (sulfide) groups is 2. The molecule has 12 bridgehead atoms. The smallest absolute Gasteiger partial charge is 0.313 e. The summed E-state index contributed by atoms with van der Waals surface area (Å²) in [5.41, 5.74) is -5.01. The van der Waals surface area contributed by atoms with Gasteiger partial charge in [0.25, 0.3) is 0 Å². The number of hydrogen-bond acceptors (Lipinski definition) is 16. The number of carbonyl (C=O) groups is 6. The minimum atomic E-state index is -1.04. The lowest BCUT2D eigenvalue weighted by Crippen LogP contribution is -2.59. The summed E-state index contributed by atoms with van der Waals surface area (Å²) in [5, 5.41) is 0. The van der Waals surface area contributed by atoms with Crippen molar-refractivity contribution in [1.29, 1.82) is 0 Å². The molecule has 2 saturated heterocycles. The molecule has 0 aromatic carbocycles. The maximum absolute atomic E-state index is 14.8. The molecule has 0 spiro atoms. The van der Waals surface area contributed by atoms with E-state index in [2.05, 4.69) is 13.8 Å². The molecule has 2 aliphatic heterocycles. The average Bonchev–Trinajstić information content (AvgIpc) is 1.88. The first-order valence-electron chi connectivity index (χ1n) is 30.1. The highest BCUT2D eigenvalue weighted by Crippen LogP contribution is 2.63. The summed E-state index contributed by atoms with van der Waals surface area (Å²) in [6.07, 6.45) is 13.5. The first kappa shape index (κ1) is 74.9. The second-order valence-corrected chi connectivity index (χ2v) is 31.8. The molecule has 12 aliphatic carbocycles.